The van der Waals surface area contributed by atoms with Crippen LogP contribution in [0.4, 0.5) is 4.79 Å². The molecule has 7 nitrogen and oxygen atoms in total. The third-order valence-corrected chi connectivity index (χ3v) is 6.09. The number of carbonyl (C=O) groups is 3. The fourth-order valence-electron chi connectivity index (χ4n) is 4.23. The molecule has 30 heavy (non-hydrogen) atoms. The highest BCUT2D eigenvalue weighted by Gasteiger charge is 2.52. The first-order valence-corrected chi connectivity index (χ1v) is 10.5. The summed E-state index contributed by atoms with van der Waals surface area (Å²) < 4.78 is 5.70. The van der Waals surface area contributed by atoms with Gasteiger partial charge in [-0.1, -0.05) is 37.3 Å². The van der Waals surface area contributed by atoms with Gasteiger partial charge in [0, 0.05) is 0 Å². The molecule has 4 rings (SSSR count). The Labute approximate surface area is 175 Å². The van der Waals surface area contributed by atoms with Gasteiger partial charge in [-0.3, -0.25) is 14.5 Å². The molecule has 1 spiro atoms. The topological polar surface area (TPSA) is 87.7 Å². The van der Waals surface area contributed by atoms with E-state index >= 15 is 0 Å². The molecule has 0 bridgehead atoms. The van der Waals surface area contributed by atoms with Crippen molar-refractivity contribution in [3.05, 3.63) is 42.5 Å². The summed E-state index contributed by atoms with van der Waals surface area (Å²) in [6.45, 7) is 2.47. The highest BCUT2D eigenvalue weighted by atomic mass is 16.5. The molecule has 2 fully saturated rings. The number of nitrogens with zero attached hydrogens (tertiary/aromatic N) is 1. The molecule has 1 heterocycles. The zero-order valence-electron chi connectivity index (χ0n) is 17.1. The maximum atomic E-state index is 12.8. The fourth-order valence-corrected chi connectivity index (χ4v) is 4.23. The van der Waals surface area contributed by atoms with Gasteiger partial charge in [0.25, 0.3) is 5.91 Å². The lowest BCUT2D eigenvalue weighted by Gasteiger charge is -2.33. The molecular formula is C23H27N3O4. The van der Waals surface area contributed by atoms with E-state index in [-0.39, 0.29) is 24.9 Å². The molecule has 4 amide bonds. The molecule has 158 valence electrons. The minimum Gasteiger partial charge on any atom is -0.492 e. The van der Waals surface area contributed by atoms with Gasteiger partial charge in [0.15, 0.2) is 0 Å². The van der Waals surface area contributed by atoms with E-state index in [0.717, 1.165) is 34.3 Å². The van der Waals surface area contributed by atoms with Crippen LogP contribution in [0.15, 0.2) is 42.5 Å². The number of imide groups is 1. The van der Waals surface area contributed by atoms with Crippen molar-refractivity contribution in [3.8, 4) is 5.75 Å². The minimum absolute atomic E-state index is 0.266. The molecular weight excluding hydrogens is 382 g/mol. The summed E-state index contributed by atoms with van der Waals surface area (Å²) in [4.78, 5) is 38.4. The molecule has 2 N–H and O–H groups in total. The molecule has 0 aromatic heterocycles. The van der Waals surface area contributed by atoms with Crippen LogP contribution in [-0.2, 0) is 9.59 Å². The van der Waals surface area contributed by atoms with E-state index in [1.807, 2.05) is 42.5 Å². The Hall–Kier alpha value is -3.09. The van der Waals surface area contributed by atoms with Crippen molar-refractivity contribution in [2.75, 3.05) is 19.7 Å². The molecule has 1 aliphatic carbocycles. The number of rotatable bonds is 6. The van der Waals surface area contributed by atoms with Gasteiger partial charge >= 0.3 is 6.03 Å². The Morgan fingerprint density at radius 1 is 1.17 bits per heavy atom. The first kappa shape index (κ1) is 20.2. The second-order valence-electron chi connectivity index (χ2n) is 8.29. The SMILES string of the molecule is CC1CCC2(CC1)NC(=O)N(CC(=O)NCCOc1ccc3ccccc3c1)C2=O. The van der Waals surface area contributed by atoms with Gasteiger partial charge in [0.05, 0.1) is 6.54 Å². The summed E-state index contributed by atoms with van der Waals surface area (Å²) in [5.74, 6) is 0.634. The highest BCUT2D eigenvalue weighted by Crippen LogP contribution is 2.36. The lowest BCUT2D eigenvalue weighted by atomic mass is 9.77. The number of ether oxygens (including phenoxy) is 1. The molecule has 0 atom stereocenters. The molecule has 1 saturated heterocycles. The van der Waals surface area contributed by atoms with Crippen LogP contribution >= 0.6 is 0 Å². The van der Waals surface area contributed by atoms with Crippen LogP contribution in [0.1, 0.15) is 32.6 Å². The lowest BCUT2D eigenvalue weighted by Crippen LogP contribution is -2.50. The molecule has 2 aromatic carbocycles. The number of benzene rings is 2. The van der Waals surface area contributed by atoms with Gasteiger partial charge in [-0.15, -0.1) is 0 Å². The van der Waals surface area contributed by atoms with Crippen LogP contribution in [-0.4, -0.2) is 48.0 Å². The number of nitrogens with one attached hydrogen (secondary N) is 2. The average Bonchev–Trinajstić information content (AvgIpc) is 2.97. The number of hydrogen-bond acceptors (Lipinski definition) is 4. The predicted molar refractivity (Wildman–Crippen MR) is 113 cm³/mol. The molecule has 7 heteroatoms. The van der Waals surface area contributed by atoms with E-state index in [1.165, 1.54) is 0 Å². The Morgan fingerprint density at radius 2 is 1.90 bits per heavy atom. The molecule has 1 saturated carbocycles. The van der Waals surface area contributed by atoms with Crippen molar-refractivity contribution in [1.29, 1.82) is 0 Å². The number of hydrogen-bond donors (Lipinski definition) is 2. The van der Waals surface area contributed by atoms with E-state index in [9.17, 15) is 14.4 Å². The van der Waals surface area contributed by atoms with Crippen LogP contribution in [0.2, 0.25) is 0 Å². The van der Waals surface area contributed by atoms with Crippen molar-refractivity contribution in [1.82, 2.24) is 15.5 Å². The molecule has 1 aliphatic heterocycles. The summed E-state index contributed by atoms with van der Waals surface area (Å²) in [5, 5.41) is 7.77. The fraction of sp³-hybridized carbons (Fsp3) is 0.435. The zero-order chi connectivity index (χ0) is 21.1. The van der Waals surface area contributed by atoms with Crippen molar-refractivity contribution in [2.45, 2.75) is 38.1 Å². The third kappa shape index (κ3) is 4.10. The van der Waals surface area contributed by atoms with Gasteiger partial charge in [-0.25, -0.2) is 4.79 Å². The summed E-state index contributed by atoms with van der Waals surface area (Å²) in [6.07, 6.45) is 3.07. The standard InChI is InChI=1S/C23H27N3O4/c1-16-8-10-23(11-9-16)21(28)26(22(29)25-23)15-20(27)24-12-13-30-19-7-6-17-4-2-3-5-18(17)14-19/h2-7,14,16H,8-13,15H2,1H3,(H,24,27)(H,25,29). The molecule has 2 aromatic rings. The van der Waals surface area contributed by atoms with E-state index in [4.69, 9.17) is 4.74 Å². The maximum Gasteiger partial charge on any atom is 0.325 e. The lowest BCUT2D eigenvalue weighted by molar-refractivity contribution is -0.136. The Bertz CT molecular complexity index is 966. The normalized spacial score (nSPS) is 23.6. The molecule has 2 aliphatic rings. The second-order valence-corrected chi connectivity index (χ2v) is 8.29. The number of carbonyl (C=O) groups excluding carboxylic acids is 3. The van der Waals surface area contributed by atoms with Crippen LogP contribution in [0.3, 0.4) is 0 Å². The summed E-state index contributed by atoms with van der Waals surface area (Å²) in [5.41, 5.74) is -0.816. The van der Waals surface area contributed by atoms with E-state index in [0.29, 0.717) is 25.4 Å². The Kier molecular flexibility index (Phi) is 5.61. The largest absolute Gasteiger partial charge is 0.492 e. The van der Waals surface area contributed by atoms with Crippen LogP contribution in [0.5, 0.6) is 5.75 Å². The van der Waals surface area contributed by atoms with Crippen molar-refractivity contribution >= 4 is 28.6 Å². The summed E-state index contributed by atoms with van der Waals surface area (Å²) in [7, 11) is 0. The number of amides is 4. The molecule has 0 radical (unpaired) electrons. The number of urea groups is 1. The highest BCUT2D eigenvalue weighted by molar-refractivity contribution is 6.09. The van der Waals surface area contributed by atoms with Crippen LogP contribution in [0.25, 0.3) is 10.8 Å². The number of fused-ring (bicyclic) bond motifs is 1. The van der Waals surface area contributed by atoms with Gasteiger partial charge in [0.1, 0.15) is 24.4 Å². The quantitative estimate of drug-likeness (QED) is 0.567. The smallest absolute Gasteiger partial charge is 0.325 e. The zero-order valence-corrected chi connectivity index (χ0v) is 17.1. The van der Waals surface area contributed by atoms with Gasteiger partial charge in [-0.05, 0) is 54.5 Å². The third-order valence-electron chi connectivity index (χ3n) is 6.09. The van der Waals surface area contributed by atoms with Crippen LogP contribution in [0, 0.1) is 5.92 Å². The second kappa shape index (κ2) is 8.34. The minimum atomic E-state index is -0.816. The Balaban J connectivity index is 1.24. The summed E-state index contributed by atoms with van der Waals surface area (Å²) >= 11 is 0. The van der Waals surface area contributed by atoms with Crippen molar-refractivity contribution in [2.24, 2.45) is 5.92 Å². The van der Waals surface area contributed by atoms with E-state index in [2.05, 4.69) is 17.6 Å². The Morgan fingerprint density at radius 3 is 2.67 bits per heavy atom. The molecule has 0 unspecified atom stereocenters. The van der Waals surface area contributed by atoms with Gasteiger partial charge in [0.2, 0.25) is 5.91 Å². The van der Waals surface area contributed by atoms with Crippen LogP contribution < -0.4 is 15.4 Å². The van der Waals surface area contributed by atoms with Crippen molar-refractivity contribution in [3.63, 3.8) is 0 Å². The van der Waals surface area contributed by atoms with E-state index < -0.39 is 11.6 Å². The van der Waals surface area contributed by atoms with Crippen molar-refractivity contribution < 1.29 is 19.1 Å². The summed E-state index contributed by atoms with van der Waals surface area (Å²) in [6, 6.07) is 13.4. The van der Waals surface area contributed by atoms with E-state index in [1.54, 1.807) is 0 Å². The first-order chi connectivity index (χ1) is 14.5. The maximum absolute atomic E-state index is 12.8. The first-order valence-electron chi connectivity index (χ1n) is 10.5. The van der Waals surface area contributed by atoms with Gasteiger partial charge in [-0.2, -0.15) is 0 Å². The monoisotopic (exact) mass is 409 g/mol. The average molecular weight is 409 g/mol. The predicted octanol–water partition coefficient (Wildman–Crippen LogP) is 2.84. The van der Waals surface area contributed by atoms with Gasteiger partial charge < -0.3 is 15.4 Å².